The van der Waals surface area contributed by atoms with Gasteiger partial charge in [0, 0.05) is 12.8 Å². The van der Waals surface area contributed by atoms with Crippen LogP contribution in [-0.4, -0.2) is 12.0 Å². The lowest BCUT2D eigenvalue weighted by Crippen LogP contribution is -2.13. The number of hydrogen-bond donors (Lipinski definition) is 0. The first-order valence-corrected chi connectivity index (χ1v) is 5.43. The van der Waals surface area contributed by atoms with Gasteiger partial charge in [0.25, 0.3) is 0 Å². The molecule has 0 aliphatic carbocycles. The third-order valence-corrected chi connectivity index (χ3v) is 2.71. The van der Waals surface area contributed by atoms with Crippen molar-refractivity contribution in [2.75, 3.05) is 0 Å². The van der Waals surface area contributed by atoms with Gasteiger partial charge >= 0.3 is 6.18 Å². The molecular formula is C13H15F3O. The molecule has 17 heavy (non-hydrogen) atoms. The Balaban J connectivity index is 2.63. The van der Waals surface area contributed by atoms with Crippen LogP contribution >= 0.6 is 0 Å². The first kappa shape index (κ1) is 13.7. The Kier molecular flexibility index (Phi) is 4.32. The molecule has 0 fully saturated rings. The number of alkyl halides is 3. The van der Waals surface area contributed by atoms with Crippen LogP contribution in [-0.2, 0) is 11.2 Å². The minimum Gasteiger partial charge on any atom is -0.299 e. The van der Waals surface area contributed by atoms with Gasteiger partial charge in [-0.3, -0.25) is 4.79 Å². The highest BCUT2D eigenvalue weighted by Gasteiger charge is 2.27. The lowest BCUT2D eigenvalue weighted by molar-refractivity contribution is -0.143. The van der Waals surface area contributed by atoms with Gasteiger partial charge in [-0.2, -0.15) is 13.2 Å². The third-order valence-electron chi connectivity index (χ3n) is 2.71. The van der Waals surface area contributed by atoms with E-state index in [0.29, 0.717) is 0 Å². The monoisotopic (exact) mass is 244 g/mol. The van der Waals surface area contributed by atoms with Crippen molar-refractivity contribution in [1.29, 1.82) is 0 Å². The van der Waals surface area contributed by atoms with Crippen LogP contribution in [0.1, 0.15) is 29.5 Å². The van der Waals surface area contributed by atoms with Crippen molar-refractivity contribution in [2.45, 2.75) is 39.3 Å². The molecule has 1 rings (SSSR count). The van der Waals surface area contributed by atoms with Gasteiger partial charge in [-0.1, -0.05) is 18.2 Å². The van der Waals surface area contributed by atoms with Crippen molar-refractivity contribution < 1.29 is 18.0 Å². The van der Waals surface area contributed by atoms with Gasteiger partial charge in [0.1, 0.15) is 5.78 Å². The zero-order valence-corrected chi connectivity index (χ0v) is 9.90. The highest BCUT2D eigenvalue weighted by atomic mass is 19.4. The summed E-state index contributed by atoms with van der Waals surface area (Å²) in [5.41, 5.74) is 2.75. The molecule has 0 saturated heterocycles. The molecule has 0 spiro atoms. The summed E-state index contributed by atoms with van der Waals surface area (Å²) >= 11 is 0. The van der Waals surface area contributed by atoms with E-state index in [2.05, 4.69) is 0 Å². The van der Waals surface area contributed by atoms with Gasteiger partial charge in [-0.05, 0) is 30.5 Å². The van der Waals surface area contributed by atoms with E-state index in [4.69, 9.17) is 0 Å². The molecule has 0 bridgehead atoms. The molecule has 0 atom stereocenters. The summed E-state index contributed by atoms with van der Waals surface area (Å²) in [4.78, 5) is 11.5. The van der Waals surface area contributed by atoms with Crippen LogP contribution in [0.25, 0.3) is 0 Å². The van der Waals surface area contributed by atoms with E-state index in [1.54, 1.807) is 0 Å². The number of rotatable bonds is 4. The van der Waals surface area contributed by atoms with Gasteiger partial charge in [0.15, 0.2) is 0 Å². The van der Waals surface area contributed by atoms with Gasteiger partial charge in [0.05, 0.1) is 6.42 Å². The van der Waals surface area contributed by atoms with Crippen molar-refractivity contribution in [3.63, 3.8) is 0 Å². The molecule has 4 heteroatoms. The van der Waals surface area contributed by atoms with Gasteiger partial charge in [0.2, 0.25) is 0 Å². The normalized spacial score (nSPS) is 11.6. The number of aryl methyl sites for hydroxylation is 2. The molecule has 0 aliphatic rings. The average molecular weight is 244 g/mol. The number of carbonyl (C=O) groups is 1. The molecule has 0 N–H and O–H groups in total. The Bertz CT molecular complexity index is 387. The fourth-order valence-electron chi connectivity index (χ4n) is 1.69. The Morgan fingerprint density at radius 1 is 1.18 bits per heavy atom. The molecule has 0 unspecified atom stereocenters. The van der Waals surface area contributed by atoms with E-state index in [-0.39, 0.29) is 12.2 Å². The molecular weight excluding hydrogens is 229 g/mol. The molecule has 0 amide bonds. The second kappa shape index (κ2) is 5.34. The Hall–Kier alpha value is -1.32. The summed E-state index contributed by atoms with van der Waals surface area (Å²) in [6.45, 7) is 3.72. The second-order valence-corrected chi connectivity index (χ2v) is 4.20. The number of carbonyl (C=O) groups excluding carboxylic acids is 1. The van der Waals surface area contributed by atoms with Crippen molar-refractivity contribution in [3.05, 3.63) is 34.9 Å². The number of benzene rings is 1. The van der Waals surface area contributed by atoms with Gasteiger partial charge in [-0.25, -0.2) is 0 Å². The van der Waals surface area contributed by atoms with Crippen LogP contribution in [0.2, 0.25) is 0 Å². The third kappa shape index (κ3) is 4.59. The Morgan fingerprint density at radius 2 is 1.71 bits per heavy atom. The highest BCUT2D eigenvalue weighted by Crippen LogP contribution is 2.22. The molecule has 1 aromatic rings. The summed E-state index contributed by atoms with van der Waals surface area (Å²) in [6, 6.07) is 5.59. The number of hydrogen-bond acceptors (Lipinski definition) is 1. The standard InChI is InChI=1S/C13H15F3O/c1-9-4-3-5-10(2)12(9)8-11(17)6-7-13(14,15)16/h3-5H,6-8H2,1-2H3. The maximum Gasteiger partial charge on any atom is 0.389 e. The fourth-order valence-corrected chi connectivity index (χ4v) is 1.69. The van der Waals surface area contributed by atoms with E-state index in [9.17, 15) is 18.0 Å². The van der Waals surface area contributed by atoms with Crippen LogP contribution < -0.4 is 0 Å². The lowest BCUT2D eigenvalue weighted by Gasteiger charge is -2.09. The van der Waals surface area contributed by atoms with Gasteiger partial charge < -0.3 is 0 Å². The van der Waals surface area contributed by atoms with Crippen LogP contribution in [0.15, 0.2) is 18.2 Å². The molecule has 0 saturated carbocycles. The topological polar surface area (TPSA) is 17.1 Å². The highest BCUT2D eigenvalue weighted by molar-refractivity contribution is 5.81. The van der Waals surface area contributed by atoms with Crippen molar-refractivity contribution in [2.24, 2.45) is 0 Å². The summed E-state index contributed by atoms with van der Waals surface area (Å²) in [5, 5.41) is 0. The van der Waals surface area contributed by atoms with Gasteiger partial charge in [-0.15, -0.1) is 0 Å². The smallest absolute Gasteiger partial charge is 0.299 e. The maximum atomic E-state index is 12.0. The molecule has 0 aliphatic heterocycles. The van der Waals surface area contributed by atoms with Crippen molar-refractivity contribution >= 4 is 5.78 Å². The quantitative estimate of drug-likeness (QED) is 0.788. The number of halogens is 3. The minimum atomic E-state index is -4.25. The lowest BCUT2D eigenvalue weighted by atomic mass is 9.97. The summed E-state index contributed by atoms with van der Waals surface area (Å²) < 4.78 is 35.9. The molecule has 1 nitrogen and oxygen atoms in total. The first-order chi connectivity index (χ1) is 7.79. The summed E-state index contributed by atoms with van der Waals surface area (Å²) in [7, 11) is 0. The Morgan fingerprint density at radius 3 is 2.18 bits per heavy atom. The van der Waals surface area contributed by atoms with Crippen LogP contribution in [0.3, 0.4) is 0 Å². The predicted octanol–water partition coefficient (Wildman–Crippen LogP) is 3.76. The number of ketones is 1. The first-order valence-electron chi connectivity index (χ1n) is 5.43. The molecule has 0 heterocycles. The second-order valence-electron chi connectivity index (χ2n) is 4.20. The van der Waals surface area contributed by atoms with E-state index in [0.717, 1.165) is 16.7 Å². The summed E-state index contributed by atoms with van der Waals surface area (Å²) in [5.74, 6) is -0.361. The van der Waals surface area contributed by atoms with Crippen LogP contribution in [0.4, 0.5) is 13.2 Å². The van der Waals surface area contributed by atoms with Crippen molar-refractivity contribution in [1.82, 2.24) is 0 Å². The largest absolute Gasteiger partial charge is 0.389 e. The summed E-state index contributed by atoms with van der Waals surface area (Å²) in [6.07, 6.45) is -5.63. The minimum absolute atomic E-state index is 0.0919. The maximum absolute atomic E-state index is 12.0. The van der Waals surface area contributed by atoms with Crippen LogP contribution in [0, 0.1) is 13.8 Å². The molecule has 1 aromatic carbocycles. The Labute approximate surface area is 98.6 Å². The molecule has 94 valence electrons. The van der Waals surface area contributed by atoms with E-state index in [1.807, 2.05) is 32.0 Å². The predicted molar refractivity (Wildman–Crippen MR) is 59.9 cm³/mol. The van der Waals surface area contributed by atoms with E-state index in [1.165, 1.54) is 0 Å². The zero-order valence-electron chi connectivity index (χ0n) is 9.90. The zero-order chi connectivity index (χ0) is 13.1. The molecule has 0 radical (unpaired) electrons. The van der Waals surface area contributed by atoms with E-state index >= 15 is 0 Å². The molecule has 0 aromatic heterocycles. The average Bonchev–Trinajstić information content (AvgIpc) is 2.20. The number of Topliss-reactive ketones (excluding diaryl/α,β-unsaturated/α-hetero) is 1. The SMILES string of the molecule is Cc1cccc(C)c1CC(=O)CCC(F)(F)F. The van der Waals surface area contributed by atoms with Crippen LogP contribution in [0.5, 0.6) is 0 Å². The fraction of sp³-hybridized carbons (Fsp3) is 0.462. The van der Waals surface area contributed by atoms with Crippen molar-refractivity contribution in [3.8, 4) is 0 Å². The van der Waals surface area contributed by atoms with E-state index < -0.39 is 19.0 Å².